The number of anilines is 1. The minimum Gasteiger partial charge on any atom is -0.325 e. The van der Waals surface area contributed by atoms with Crippen molar-refractivity contribution in [2.24, 2.45) is 0 Å². The second-order valence-corrected chi connectivity index (χ2v) is 3.32. The number of terminal acetylenes is 1. The molecule has 3 nitrogen and oxygen atoms in total. The molecule has 16 heavy (non-hydrogen) atoms. The zero-order valence-corrected chi connectivity index (χ0v) is 9.01. The maximum atomic E-state index is 13.1. The number of carbonyl (C=O) groups excluding carboxylic acids is 1. The van der Waals surface area contributed by atoms with Crippen LogP contribution in [-0.4, -0.2) is 19.0 Å². The monoisotopic (exact) mass is 220 g/mol. The Morgan fingerprint density at radius 2 is 2.31 bits per heavy atom. The fraction of sp³-hybridized carbons (Fsp3) is 0.250. The van der Waals surface area contributed by atoms with E-state index in [9.17, 15) is 9.18 Å². The number of carbonyl (C=O) groups is 1. The largest absolute Gasteiger partial charge is 0.325 e. The standard InChI is InChI=1S/C12H13FN2O/c1-3-6-14-8-12(16)15-10-5-4-9(2)11(13)7-10/h1,4-5,7,14H,6,8H2,2H3,(H,15,16). The number of hydrogen-bond donors (Lipinski definition) is 2. The molecule has 0 heterocycles. The lowest BCUT2D eigenvalue weighted by Crippen LogP contribution is -2.28. The van der Waals surface area contributed by atoms with Crippen LogP contribution in [0.25, 0.3) is 0 Å². The highest BCUT2D eigenvalue weighted by atomic mass is 19.1. The van der Waals surface area contributed by atoms with Gasteiger partial charge in [-0.2, -0.15) is 0 Å². The Bertz CT molecular complexity index is 424. The fourth-order valence-corrected chi connectivity index (χ4v) is 1.12. The van der Waals surface area contributed by atoms with Gasteiger partial charge in [0.1, 0.15) is 5.82 Å². The molecule has 0 bridgehead atoms. The van der Waals surface area contributed by atoms with Crippen LogP contribution >= 0.6 is 0 Å². The minimum atomic E-state index is -0.339. The Hall–Kier alpha value is -1.86. The third kappa shape index (κ3) is 3.71. The van der Waals surface area contributed by atoms with Crippen molar-refractivity contribution in [2.75, 3.05) is 18.4 Å². The quantitative estimate of drug-likeness (QED) is 0.593. The van der Waals surface area contributed by atoms with Crippen molar-refractivity contribution in [3.63, 3.8) is 0 Å². The van der Waals surface area contributed by atoms with Crippen LogP contribution < -0.4 is 10.6 Å². The van der Waals surface area contributed by atoms with E-state index in [4.69, 9.17) is 6.42 Å². The van der Waals surface area contributed by atoms with Crippen LogP contribution in [0.2, 0.25) is 0 Å². The molecule has 1 aromatic carbocycles. The van der Waals surface area contributed by atoms with Gasteiger partial charge in [0.05, 0.1) is 13.1 Å². The van der Waals surface area contributed by atoms with E-state index in [0.717, 1.165) is 0 Å². The van der Waals surface area contributed by atoms with Gasteiger partial charge in [-0.25, -0.2) is 4.39 Å². The fourth-order valence-electron chi connectivity index (χ4n) is 1.12. The molecule has 0 aliphatic carbocycles. The van der Waals surface area contributed by atoms with E-state index in [-0.39, 0.29) is 18.3 Å². The van der Waals surface area contributed by atoms with Gasteiger partial charge in [0.25, 0.3) is 0 Å². The van der Waals surface area contributed by atoms with Gasteiger partial charge in [-0.05, 0) is 24.6 Å². The van der Waals surface area contributed by atoms with Gasteiger partial charge in [-0.3, -0.25) is 10.1 Å². The van der Waals surface area contributed by atoms with Crippen molar-refractivity contribution in [1.82, 2.24) is 5.32 Å². The van der Waals surface area contributed by atoms with Gasteiger partial charge in [0.15, 0.2) is 0 Å². The lowest BCUT2D eigenvalue weighted by molar-refractivity contribution is -0.115. The molecule has 1 rings (SSSR count). The average Bonchev–Trinajstić information content (AvgIpc) is 2.24. The smallest absolute Gasteiger partial charge is 0.238 e. The van der Waals surface area contributed by atoms with Crippen LogP contribution in [0.4, 0.5) is 10.1 Å². The molecule has 0 radical (unpaired) electrons. The first-order valence-electron chi connectivity index (χ1n) is 4.83. The summed E-state index contributed by atoms with van der Waals surface area (Å²) >= 11 is 0. The molecule has 0 atom stereocenters. The second-order valence-electron chi connectivity index (χ2n) is 3.32. The van der Waals surface area contributed by atoms with E-state index in [1.807, 2.05) is 0 Å². The molecule has 4 heteroatoms. The molecule has 0 aliphatic rings. The highest BCUT2D eigenvalue weighted by Gasteiger charge is 2.03. The molecule has 2 N–H and O–H groups in total. The number of aryl methyl sites for hydroxylation is 1. The Balaban J connectivity index is 2.50. The van der Waals surface area contributed by atoms with Crippen molar-refractivity contribution >= 4 is 11.6 Å². The van der Waals surface area contributed by atoms with Gasteiger partial charge in [0.2, 0.25) is 5.91 Å². The molecule has 0 aromatic heterocycles. The number of halogens is 1. The summed E-state index contributed by atoms with van der Waals surface area (Å²) in [6.07, 6.45) is 5.01. The van der Waals surface area contributed by atoms with E-state index in [1.165, 1.54) is 6.07 Å². The lowest BCUT2D eigenvalue weighted by Gasteiger charge is -2.06. The van der Waals surface area contributed by atoms with Crippen molar-refractivity contribution < 1.29 is 9.18 Å². The molecule has 0 aliphatic heterocycles. The summed E-state index contributed by atoms with van der Waals surface area (Å²) in [5, 5.41) is 5.30. The molecule has 0 saturated heterocycles. The summed E-state index contributed by atoms with van der Waals surface area (Å²) < 4.78 is 13.1. The first kappa shape index (κ1) is 12.2. The summed E-state index contributed by atoms with van der Waals surface area (Å²) in [4.78, 5) is 11.3. The van der Waals surface area contributed by atoms with Gasteiger partial charge in [0, 0.05) is 5.69 Å². The summed E-state index contributed by atoms with van der Waals surface area (Å²) in [5.41, 5.74) is 0.985. The normalized spacial score (nSPS) is 9.56. The Kier molecular flexibility index (Phi) is 4.49. The zero-order valence-electron chi connectivity index (χ0n) is 9.01. The summed E-state index contributed by atoms with van der Waals surface area (Å²) in [5.74, 6) is 1.76. The Morgan fingerprint density at radius 1 is 1.56 bits per heavy atom. The molecule has 1 amide bonds. The molecule has 0 unspecified atom stereocenters. The minimum absolute atomic E-state index is 0.111. The number of rotatable bonds is 4. The lowest BCUT2D eigenvalue weighted by atomic mass is 10.2. The van der Waals surface area contributed by atoms with Crippen LogP contribution in [0.15, 0.2) is 18.2 Å². The van der Waals surface area contributed by atoms with E-state index >= 15 is 0 Å². The zero-order chi connectivity index (χ0) is 12.0. The molecule has 0 saturated carbocycles. The third-order valence-electron chi connectivity index (χ3n) is 1.97. The van der Waals surface area contributed by atoms with Crippen LogP contribution in [0.3, 0.4) is 0 Å². The van der Waals surface area contributed by atoms with Crippen molar-refractivity contribution in [1.29, 1.82) is 0 Å². The molecular weight excluding hydrogens is 207 g/mol. The van der Waals surface area contributed by atoms with Crippen molar-refractivity contribution in [3.8, 4) is 12.3 Å². The van der Waals surface area contributed by atoms with Crippen molar-refractivity contribution in [2.45, 2.75) is 6.92 Å². The third-order valence-corrected chi connectivity index (χ3v) is 1.97. The topological polar surface area (TPSA) is 41.1 Å². The van der Waals surface area contributed by atoms with E-state index in [1.54, 1.807) is 19.1 Å². The van der Waals surface area contributed by atoms with Gasteiger partial charge >= 0.3 is 0 Å². The summed E-state index contributed by atoms with van der Waals surface area (Å²) in [7, 11) is 0. The average molecular weight is 220 g/mol. The van der Waals surface area contributed by atoms with E-state index in [2.05, 4.69) is 16.6 Å². The van der Waals surface area contributed by atoms with Crippen molar-refractivity contribution in [3.05, 3.63) is 29.6 Å². The van der Waals surface area contributed by atoms with Gasteiger partial charge < -0.3 is 5.32 Å². The Morgan fingerprint density at radius 3 is 2.94 bits per heavy atom. The first-order valence-corrected chi connectivity index (χ1v) is 4.83. The second kappa shape index (κ2) is 5.89. The van der Waals surface area contributed by atoms with Gasteiger partial charge in [-0.15, -0.1) is 6.42 Å². The highest BCUT2D eigenvalue weighted by Crippen LogP contribution is 2.13. The van der Waals surface area contributed by atoms with Crippen LogP contribution in [0.5, 0.6) is 0 Å². The number of amides is 1. The Labute approximate surface area is 94.0 Å². The maximum Gasteiger partial charge on any atom is 0.238 e. The maximum absolute atomic E-state index is 13.1. The van der Waals surface area contributed by atoms with Gasteiger partial charge in [-0.1, -0.05) is 12.0 Å². The first-order chi connectivity index (χ1) is 7.63. The molecule has 84 valence electrons. The molecule has 0 fully saturated rings. The van der Waals surface area contributed by atoms with Crippen LogP contribution in [0, 0.1) is 25.1 Å². The molecule has 1 aromatic rings. The van der Waals surface area contributed by atoms with E-state index in [0.29, 0.717) is 17.8 Å². The molecule has 0 spiro atoms. The van der Waals surface area contributed by atoms with Crippen LogP contribution in [0.1, 0.15) is 5.56 Å². The number of nitrogens with one attached hydrogen (secondary N) is 2. The van der Waals surface area contributed by atoms with Crippen LogP contribution in [-0.2, 0) is 4.79 Å². The van der Waals surface area contributed by atoms with E-state index < -0.39 is 0 Å². The summed E-state index contributed by atoms with van der Waals surface area (Å²) in [6.45, 7) is 2.10. The summed E-state index contributed by atoms with van der Waals surface area (Å²) in [6, 6.07) is 4.55. The predicted octanol–water partition coefficient (Wildman–Crippen LogP) is 1.30. The number of hydrogen-bond acceptors (Lipinski definition) is 2. The highest BCUT2D eigenvalue weighted by molar-refractivity contribution is 5.92. The SMILES string of the molecule is C#CCNCC(=O)Nc1ccc(C)c(F)c1. The molecular formula is C12H13FN2O. The number of benzene rings is 1. The predicted molar refractivity (Wildman–Crippen MR) is 61.5 cm³/mol.